The molecule has 3 aliphatic heterocycles. The van der Waals surface area contributed by atoms with Gasteiger partial charge in [-0.1, -0.05) is 6.07 Å². The number of carbonyl (C=O) groups is 1. The van der Waals surface area contributed by atoms with Crippen LogP contribution in [0.1, 0.15) is 44.2 Å². The fraction of sp³-hybridized carbons (Fsp3) is 0.714. The first kappa shape index (κ1) is 17.9. The number of carbonyl (C=O) groups excluding carboxylic acids is 1. The van der Waals surface area contributed by atoms with Crippen molar-refractivity contribution in [1.29, 1.82) is 0 Å². The number of piperidine rings is 2. The highest BCUT2D eigenvalue weighted by molar-refractivity contribution is 5.79. The lowest BCUT2D eigenvalue weighted by Gasteiger charge is -2.42. The van der Waals surface area contributed by atoms with Gasteiger partial charge in [0.25, 0.3) is 0 Å². The summed E-state index contributed by atoms with van der Waals surface area (Å²) in [5.74, 6) is 0.674. The number of hydrogen-bond acceptors (Lipinski definition) is 4. The number of amides is 1. The fourth-order valence-corrected chi connectivity index (χ4v) is 4.90. The van der Waals surface area contributed by atoms with Crippen LogP contribution in [-0.4, -0.2) is 70.9 Å². The molecule has 3 aliphatic rings. The third-order valence-electron chi connectivity index (χ3n) is 6.41. The summed E-state index contributed by atoms with van der Waals surface area (Å²) in [5.41, 5.74) is 1.17. The van der Waals surface area contributed by atoms with Crippen LogP contribution in [0.3, 0.4) is 0 Å². The molecule has 0 aliphatic carbocycles. The lowest BCUT2D eigenvalue weighted by Crippen LogP contribution is -2.51. The molecule has 0 saturated carbocycles. The monoisotopic (exact) mass is 356 g/mol. The van der Waals surface area contributed by atoms with Crippen LogP contribution in [0.4, 0.5) is 0 Å². The van der Waals surface area contributed by atoms with Crippen LogP contribution in [0.5, 0.6) is 0 Å². The van der Waals surface area contributed by atoms with Crippen molar-refractivity contribution in [2.75, 3.05) is 39.3 Å². The molecule has 1 amide bonds. The van der Waals surface area contributed by atoms with Gasteiger partial charge in [-0.3, -0.25) is 19.6 Å². The molecule has 5 nitrogen and oxygen atoms in total. The Labute approximate surface area is 157 Å². The summed E-state index contributed by atoms with van der Waals surface area (Å²) >= 11 is 0. The van der Waals surface area contributed by atoms with Gasteiger partial charge in [0.05, 0.1) is 11.6 Å². The Kier molecular flexibility index (Phi) is 5.85. The zero-order valence-electron chi connectivity index (χ0n) is 15.9. The van der Waals surface area contributed by atoms with Gasteiger partial charge >= 0.3 is 0 Å². The summed E-state index contributed by atoms with van der Waals surface area (Å²) in [7, 11) is 0. The summed E-state index contributed by atoms with van der Waals surface area (Å²) in [6.07, 6.45) is 8.97. The van der Waals surface area contributed by atoms with Gasteiger partial charge in [0, 0.05) is 51.5 Å². The first-order valence-electron chi connectivity index (χ1n) is 10.4. The van der Waals surface area contributed by atoms with E-state index in [2.05, 4.69) is 31.8 Å². The second-order valence-electron chi connectivity index (χ2n) is 8.19. The van der Waals surface area contributed by atoms with Crippen molar-refractivity contribution in [3.05, 3.63) is 30.1 Å². The van der Waals surface area contributed by atoms with Gasteiger partial charge in [-0.25, -0.2) is 0 Å². The molecule has 0 spiro atoms. The van der Waals surface area contributed by atoms with Crippen LogP contribution in [0.25, 0.3) is 0 Å². The van der Waals surface area contributed by atoms with E-state index in [9.17, 15) is 4.79 Å². The van der Waals surface area contributed by atoms with E-state index in [1.54, 1.807) is 0 Å². The van der Waals surface area contributed by atoms with E-state index in [1.165, 1.54) is 44.3 Å². The molecule has 3 fully saturated rings. The molecule has 1 aromatic rings. The SMILES string of the molecule is O=C(C1CCCN(C2CCN(Cc3ccccn3)CC2)C1)N1CCCC1. The molecule has 4 heterocycles. The smallest absolute Gasteiger partial charge is 0.226 e. The highest BCUT2D eigenvalue weighted by atomic mass is 16.2. The molecule has 1 unspecified atom stereocenters. The van der Waals surface area contributed by atoms with Gasteiger partial charge < -0.3 is 4.90 Å². The highest BCUT2D eigenvalue weighted by Gasteiger charge is 2.34. The summed E-state index contributed by atoms with van der Waals surface area (Å²) in [6.45, 7) is 7.38. The van der Waals surface area contributed by atoms with E-state index >= 15 is 0 Å². The van der Waals surface area contributed by atoms with Gasteiger partial charge in [-0.2, -0.15) is 0 Å². The van der Waals surface area contributed by atoms with Gasteiger partial charge in [0.2, 0.25) is 5.91 Å². The quantitative estimate of drug-likeness (QED) is 0.830. The predicted octanol–water partition coefficient (Wildman–Crippen LogP) is 2.38. The predicted molar refractivity (Wildman–Crippen MR) is 103 cm³/mol. The van der Waals surface area contributed by atoms with E-state index < -0.39 is 0 Å². The Bertz CT molecular complexity index is 579. The van der Waals surface area contributed by atoms with Crippen LogP contribution >= 0.6 is 0 Å². The largest absolute Gasteiger partial charge is 0.342 e. The molecule has 4 rings (SSSR count). The third-order valence-corrected chi connectivity index (χ3v) is 6.41. The van der Waals surface area contributed by atoms with Crippen LogP contribution < -0.4 is 0 Å². The third kappa shape index (κ3) is 4.26. The molecule has 3 saturated heterocycles. The van der Waals surface area contributed by atoms with Crippen LogP contribution in [0.2, 0.25) is 0 Å². The Hall–Kier alpha value is -1.46. The maximum Gasteiger partial charge on any atom is 0.226 e. The zero-order chi connectivity index (χ0) is 17.8. The van der Waals surface area contributed by atoms with E-state index in [0.717, 1.165) is 45.7 Å². The Morgan fingerprint density at radius 3 is 2.54 bits per heavy atom. The number of likely N-dealkylation sites (tertiary alicyclic amines) is 3. The number of hydrogen-bond donors (Lipinski definition) is 0. The molecule has 26 heavy (non-hydrogen) atoms. The standard InChI is InChI=1S/C21H32N4O/c26-21(24-11-3-4-12-24)18-6-5-13-25(16-18)20-8-14-23(15-9-20)17-19-7-1-2-10-22-19/h1-2,7,10,18,20H,3-6,8-9,11-17H2. The second-order valence-corrected chi connectivity index (χ2v) is 8.19. The average Bonchev–Trinajstić information content (AvgIpc) is 3.24. The number of rotatable bonds is 4. The molecule has 0 bridgehead atoms. The van der Waals surface area contributed by atoms with Crippen molar-refractivity contribution in [3.8, 4) is 0 Å². The second kappa shape index (κ2) is 8.49. The van der Waals surface area contributed by atoms with Crippen molar-refractivity contribution in [1.82, 2.24) is 19.7 Å². The molecule has 0 radical (unpaired) electrons. The van der Waals surface area contributed by atoms with E-state index in [-0.39, 0.29) is 5.92 Å². The molecule has 5 heteroatoms. The first-order chi connectivity index (χ1) is 12.8. The molecular weight excluding hydrogens is 324 g/mol. The van der Waals surface area contributed by atoms with Crippen molar-refractivity contribution in [2.24, 2.45) is 5.92 Å². The van der Waals surface area contributed by atoms with E-state index in [4.69, 9.17) is 0 Å². The minimum absolute atomic E-state index is 0.244. The van der Waals surface area contributed by atoms with E-state index in [0.29, 0.717) is 11.9 Å². The maximum atomic E-state index is 12.8. The number of aromatic nitrogens is 1. The van der Waals surface area contributed by atoms with Crippen molar-refractivity contribution < 1.29 is 4.79 Å². The first-order valence-corrected chi connectivity index (χ1v) is 10.4. The lowest BCUT2D eigenvalue weighted by atomic mass is 9.93. The fourth-order valence-electron chi connectivity index (χ4n) is 4.90. The zero-order valence-corrected chi connectivity index (χ0v) is 15.9. The molecule has 0 N–H and O–H groups in total. The topological polar surface area (TPSA) is 39.7 Å². The van der Waals surface area contributed by atoms with Gasteiger partial charge in [-0.15, -0.1) is 0 Å². The highest BCUT2D eigenvalue weighted by Crippen LogP contribution is 2.26. The minimum Gasteiger partial charge on any atom is -0.342 e. The van der Waals surface area contributed by atoms with Gasteiger partial charge in [-0.05, 0) is 57.2 Å². The van der Waals surface area contributed by atoms with Crippen molar-refractivity contribution in [2.45, 2.75) is 51.1 Å². The minimum atomic E-state index is 0.244. The molecule has 142 valence electrons. The van der Waals surface area contributed by atoms with Gasteiger partial charge in [0.15, 0.2) is 0 Å². The Morgan fingerprint density at radius 1 is 1.00 bits per heavy atom. The molecule has 1 aromatic heterocycles. The van der Waals surface area contributed by atoms with Crippen molar-refractivity contribution >= 4 is 5.91 Å². The van der Waals surface area contributed by atoms with Crippen molar-refractivity contribution in [3.63, 3.8) is 0 Å². The normalized spacial score (nSPS) is 26.3. The van der Waals surface area contributed by atoms with Crippen LogP contribution in [0.15, 0.2) is 24.4 Å². The number of pyridine rings is 1. The molecular formula is C21H32N4O. The summed E-state index contributed by atoms with van der Waals surface area (Å²) in [6, 6.07) is 6.82. The number of nitrogens with zero attached hydrogens (tertiary/aromatic N) is 4. The average molecular weight is 357 g/mol. The Morgan fingerprint density at radius 2 is 1.81 bits per heavy atom. The molecule has 1 atom stereocenters. The summed E-state index contributed by atoms with van der Waals surface area (Å²) in [4.78, 5) is 24.5. The molecule has 0 aromatic carbocycles. The maximum absolute atomic E-state index is 12.8. The van der Waals surface area contributed by atoms with Crippen LogP contribution in [-0.2, 0) is 11.3 Å². The van der Waals surface area contributed by atoms with E-state index in [1.807, 2.05) is 12.3 Å². The van der Waals surface area contributed by atoms with Gasteiger partial charge in [0.1, 0.15) is 0 Å². The summed E-state index contributed by atoms with van der Waals surface area (Å²) < 4.78 is 0. The van der Waals surface area contributed by atoms with Crippen LogP contribution in [0, 0.1) is 5.92 Å². The summed E-state index contributed by atoms with van der Waals surface area (Å²) in [5, 5.41) is 0. The lowest BCUT2D eigenvalue weighted by molar-refractivity contribution is -0.136. The Balaban J connectivity index is 1.26.